The van der Waals surface area contributed by atoms with Crippen LogP contribution in [-0.2, 0) is 16.7 Å². The molecule has 3 aliphatic heterocycles. The Kier molecular flexibility index (Phi) is 6.70. The first-order valence-corrected chi connectivity index (χ1v) is 11.8. The molecule has 1 aromatic carbocycles. The number of carbonyl (C=O) groups excluding carboxylic acids is 2. The molecule has 7 heteroatoms. The van der Waals surface area contributed by atoms with Gasteiger partial charge in [-0.2, -0.15) is 0 Å². The molecule has 4 rings (SSSR count). The summed E-state index contributed by atoms with van der Waals surface area (Å²) < 4.78 is 5.15. The van der Waals surface area contributed by atoms with Crippen LogP contribution in [0.15, 0.2) is 24.3 Å². The van der Waals surface area contributed by atoms with Gasteiger partial charge in [0.25, 0.3) is 0 Å². The summed E-state index contributed by atoms with van der Waals surface area (Å²) in [6.07, 6.45) is 3.97. The Morgan fingerprint density at radius 1 is 1.06 bits per heavy atom. The normalized spacial score (nSPS) is 21.6. The highest BCUT2D eigenvalue weighted by Crippen LogP contribution is 2.42. The Labute approximate surface area is 185 Å². The van der Waals surface area contributed by atoms with Crippen LogP contribution in [0.4, 0.5) is 9.59 Å². The van der Waals surface area contributed by atoms with Crippen LogP contribution >= 0.6 is 0 Å². The number of nitrogens with one attached hydrogen (secondary N) is 1. The molecule has 3 aliphatic rings. The molecule has 0 unspecified atom stereocenters. The molecule has 170 valence electrons. The van der Waals surface area contributed by atoms with E-state index < -0.39 is 0 Å². The summed E-state index contributed by atoms with van der Waals surface area (Å²) in [5, 5.41) is 2.98. The highest BCUT2D eigenvalue weighted by atomic mass is 16.6. The SMILES string of the molecule is CCNC(=O)N1Cc2ccccc2C2(CCN(C3CCN(C(=O)OCC)CC3)CC2)C1. The number of likely N-dealkylation sites (tertiary alicyclic amines) is 2. The molecule has 2 saturated heterocycles. The van der Waals surface area contributed by atoms with Crippen molar-refractivity contribution in [3.8, 4) is 0 Å². The van der Waals surface area contributed by atoms with Gasteiger partial charge in [0.05, 0.1) is 6.61 Å². The number of benzene rings is 1. The van der Waals surface area contributed by atoms with Crippen LogP contribution < -0.4 is 5.32 Å². The molecular formula is C24H36N4O3. The summed E-state index contributed by atoms with van der Waals surface area (Å²) in [4.78, 5) is 31.1. The van der Waals surface area contributed by atoms with Crippen molar-refractivity contribution < 1.29 is 14.3 Å². The van der Waals surface area contributed by atoms with E-state index in [2.05, 4.69) is 34.5 Å². The number of amides is 3. The fourth-order valence-electron chi connectivity index (χ4n) is 5.67. The number of fused-ring (bicyclic) bond motifs is 2. The maximum atomic E-state index is 12.6. The lowest BCUT2D eigenvalue weighted by atomic mass is 9.68. The van der Waals surface area contributed by atoms with Gasteiger partial charge in [-0.05, 0) is 63.7 Å². The highest BCUT2D eigenvalue weighted by Gasteiger charge is 2.44. The van der Waals surface area contributed by atoms with Gasteiger partial charge in [-0.25, -0.2) is 9.59 Å². The van der Waals surface area contributed by atoms with Crippen molar-refractivity contribution in [1.82, 2.24) is 20.0 Å². The van der Waals surface area contributed by atoms with E-state index >= 15 is 0 Å². The van der Waals surface area contributed by atoms with Gasteiger partial charge < -0.3 is 24.8 Å². The van der Waals surface area contributed by atoms with Gasteiger partial charge in [0.2, 0.25) is 0 Å². The zero-order valence-electron chi connectivity index (χ0n) is 18.9. The molecular weight excluding hydrogens is 392 g/mol. The van der Waals surface area contributed by atoms with E-state index in [1.807, 2.05) is 23.6 Å². The molecule has 1 N–H and O–H groups in total. The first kappa shape index (κ1) is 21.9. The van der Waals surface area contributed by atoms with Crippen LogP contribution in [0, 0.1) is 0 Å². The molecule has 0 aliphatic carbocycles. The lowest BCUT2D eigenvalue weighted by Crippen LogP contribution is -2.57. The number of carbonyl (C=O) groups is 2. The second kappa shape index (κ2) is 9.47. The quantitative estimate of drug-likeness (QED) is 0.803. The molecule has 0 saturated carbocycles. The third kappa shape index (κ3) is 4.52. The Hall–Kier alpha value is -2.28. The minimum absolute atomic E-state index is 0.0437. The molecule has 1 spiro atoms. The van der Waals surface area contributed by atoms with E-state index in [0.29, 0.717) is 25.7 Å². The average molecular weight is 429 g/mol. The van der Waals surface area contributed by atoms with E-state index in [-0.39, 0.29) is 17.5 Å². The number of hydrogen-bond acceptors (Lipinski definition) is 4. The number of rotatable bonds is 3. The second-order valence-corrected chi connectivity index (χ2v) is 9.08. The molecule has 3 amide bonds. The van der Waals surface area contributed by atoms with E-state index in [0.717, 1.165) is 58.4 Å². The minimum atomic E-state index is -0.178. The monoisotopic (exact) mass is 428 g/mol. The number of nitrogens with zero attached hydrogens (tertiary/aromatic N) is 3. The lowest BCUT2D eigenvalue weighted by Gasteiger charge is -2.50. The fourth-order valence-corrected chi connectivity index (χ4v) is 5.67. The summed E-state index contributed by atoms with van der Waals surface area (Å²) in [6, 6.07) is 9.25. The number of ether oxygens (including phenoxy) is 1. The van der Waals surface area contributed by atoms with Gasteiger partial charge in [-0.1, -0.05) is 24.3 Å². The molecule has 3 heterocycles. The molecule has 0 radical (unpaired) electrons. The lowest BCUT2D eigenvalue weighted by molar-refractivity contribution is 0.0471. The number of hydrogen-bond donors (Lipinski definition) is 1. The summed E-state index contributed by atoms with van der Waals surface area (Å²) in [5.41, 5.74) is 2.77. The minimum Gasteiger partial charge on any atom is -0.450 e. The summed E-state index contributed by atoms with van der Waals surface area (Å²) in [7, 11) is 0. The maximum absolute atomic E-state index is 12.6. The van der Waals surface area contributed by atoms with Crippen LogP contribution in [0.2, 0.25) is 0 Å². The molecule has 0 aromatic heterocycles. The van der Waals surface area contributed by atoms with Crippen molar-refractivity contribution in [2.24, 2.45) is 0 Å². The Bertz CT molecular complexity index is 783. The van der Waals surface area contributed by atoms with Crippen LogP contribution in [0.3, 0.4) is 0 Å². The van der Waals surface area contributed by atoms with Crippen molar-refractivity contribution in [2.45, 2.75) is 57.5 Å². The second-order valence-electron chi connectivity index (χ2n) is 9.08. The smallest absolute Gasteiger partial charge is 0.409 e. The molecule has 7 nitrogen and oxygen atoms in total. The standard InChI is InChI=1S/C24H36N4O3/c1-3-25-22(29)28-17-19-7-5-6-8-21(19)24(18-28)11-15-26(16-12-24)20-9-13-27(14-10-20)23(30)31-4-2/h5-8,20H,3-4,9-18H2,1-2H3,(H,25,29). The zero-order valence-corrected chi connectivity index (χ0v) is 18.9. The highest BCUT2D eigenvalue weighted by molar-refractivity contribution is 5.75. The van der Waals surface area contributed by atoms with Crippen LogP contribution in [-0.4, -0.2) is 78.7 Å². The first-order chi connectivity index (χ1) is 15.1. The average Bonchev–Trinajstić information content (AvgIpc) is 2.80. The van der Waals surface area contributed by atoms with Crippen molar-refractivity contribution in [2.75, 3.05) is 45.9 Å². The van der Waals surface area contributed by atoms with Gasteiger partial charge in [0.15, 0.2) is 0 Å². The molecule has 2 fully saturated rings. The van der Waals surface area contributed by atoms with Crippen molar-refractivity contribution >= 4 is 12.1 Å². The first-order valence-electron chi connectivity index (χ1n) is 11.8. The van der Waals surface area contributed by atoms with Gasteiger partial charge in [-0.15, -0.1) is 0 Å². The topological polar surface area (TPSA) is 65.1 Å². The van der Waals surface area contributed by atoms with Crippen molar-refractivity contribution in [3.05, 3.63) is 35.4 Å². The Balaban J connectivity index is 1.41. The Morgan fingerprint density at radius 2 is 1.77 bits per heavy atom. The molecule has 0 atom stereocenters. The summed E-state index contributed by atoms with van der Waals surface area (Å²) in [5.74, 6) is 0. The van der Waals surface area contributed by atoms with E-state index in [9.17, 15) is 9.59 Å². The Morgan fingerprint density at radius 3 is 2.45 bits per heavy atom. The molecule has 31 heavy (non-hydrogen) atoms. The predicted molar refractivity (Wildman–Crippen MR) is 120 cm³/mol. The molecule has 0 bridgehead atoms. The largest absolute Gasteiger partial charge is 0.450 e. The van der Waals surface area contributed by atoms with Crippen molar-refractivity contribution in [3.63, 3.8) is 0 Å². The fraction of sp³-hybridized carbons (Fsp3) is 0.667. The summed E-state index contributed by atoms with van der Waals surface area (Å²) in [6.45, 7) is 10.0. The van der Waals surface area contributed by atoms with E-state index in [4.69, 9.17) is 4.74 Å². The number of urea groups is 1. The van der Waals surface area contributed by atoms with Crippen LogP contribution in [0.5, 0.6) is 0 Å². The van der Waals surface area contributed by atoms with Crippen molar-refractivity contribution in [1.29, 1.82) is 0 Å². The van der Waals surface area contributed by atoms with Crippen LogP contribution in [0.25, 0.3) is 0 Å². The third-order valence-electron chi connectivity index (χ3n) is 7.32. The van der Waals surface area contributed by atoms with Gasteiger partial charge in [-0.3, -0.25) is 0 Å². The zero-order chi connectivity index (χ0) is 21.8. The van der Waals surface area contributed by atoms with Gasteiger partial charge >= 0.3 is 12.1 Å². The van der Waals surface area contributed by atoms with Gasteiger partial charge in [0.1, 0.15) is 0 Å². The van der Waals surface area contributed by atoms with Gasteiger partial charge in [0, 0.05) is 44.2 Å². The summed E-state index contributed by atoms with van der Waals surface area (Å²) >= 11 is 0. The maximum Gasteiger partial charge on any atom is 0.409 e. The predicted octanol–water partition coefficient (Wildman–Crippen LogP) is 3.19. The van der Waals surface area contributed by atoms with E-state index in [1.165, 1.54) is 11.1 Å². The van der Waals surface area contributed by atoms with Crippen LogP contribution in [0.1, 0.15) is 50.7 Å². The molecule has 1 aromatic rings. The van der Waals surface area contributed by atoms with E-state index in [1.54, 1.807) is 0 Å². The number of piperidine rings is 2. The third-order valence-corrected chi connectivity index (χ3v) is 7.32.